The van der Waals surface area contributed by atoms with Gasteiger partial charge in [0, 0.05) is 7.11 Å². The van der Waals surface area contributed by atoms with Crippen molar-refractivity contribution in [1.82, 2.24) is 0 Å². The fourth-order valence-corrected chi connectivity index (χ4v) is 2.19. The number of rotatable bonds is 9. The molecule has 0 aliphatic rings. The van der Waals surface area contributed by atoms with E-state index in [1.807, 2.05) is 6.92 Å². The van der Waals surface area contributed by atoms with Gasteiger partial charge in [-0.05, 0) is 38.0 Å². The van der Waals surface area contributed by atoms with E-state index in [1.165, 1.54) is 7.11 Å². The Morgan fingerprint density at radius 1 is 1.35 bits per heavy atom. The maximum Gasteiger partial charge on any atom is 0.256 e. The first-order chi connectivity index (χ1) is 11.0. The van der Waals surface area contributed by atoms with E-state index in [1.54, 1.807) is 25.1 Å². The number of anilines is 1. The average molecular weight is 318 g/mol. The SMILES string of the molecule is CCCCOc1ccc(NC(=O)[C@@](C)(CCC)OC)c(C#N)c1. The van der Waals surface area contributed by atoms with Crippen molar-refractivity contribution >= 4 is 11.6 Å². The van der Waals surface area contributed by atoms with Gasteiger partial charge in [0.25, 0.3) is 5.91 Å². The van der Waals surface area contributed by atoms with Crippen LogP contribution in [0.4, 0.5) is 5.69 Å². The molecule has 0 radical (unpaired) electrons. The number of hydrogen-bond acceptors (Lipinski definition) is 4. The lowest BCUT2D eigenvalue weighted by molar-refractivity contribution is -0.136. The van der Waals surface area contributed by atoms with Crippen molar-refractivity contribution in [3.63, 3.8) is 0 Å². The highest BCUT2D eigenvalue weighted by molar-refractivity contribution is 5.98. The second-order valence-corrected chi connectivity index (χ2v) is 5.66. The van der Waals surface area contributed by atoms with Crippen LogP contribution < -0.4 is 10.1 Å². The first kappa shape index (κ1) is 19.0. The zero-order chi connectivity index (χ0) is 17.3. The van der Waals surface area contributed by atoms with E-state index in [2.05, 4.69) is 18.3 Å². The number of nitrogens with zero attached hydrogens (tertiary/aromatic N) is 1. The van der Waals surface area contributed by atoms with Gasteiger partial charge in [0.1, 0.15) is 17.4 Å². The molecule has 1 atom stereocenters. The molecule has 0 fully saturated rings. The third kappa shape index (κ3) is 5.26. The van der Waals surface area contributed by atoms with Gasteiger partial charge in [-0.25, -0.2) is 0 Å². The molecule has 23 heavy (non-hydrogen) atoms. The summed E-state index contributed by atoms with van der Waals surface area (Å²) in [6.45, 7) is 6.45. The van der Waals surface area contributed by atoms with Gasteiger partial charge >= 0.3 is 0 Å². The molecule has 1 aromatic rings. The molecule has 0 aliphatic carbocycles. The number of hydrogen-bond donors (Lipinski definition) is 1. The molecule has 1 rings (SSSR count). The van der Waals surface area contributed by atoms with Crippen LogP contribution in [0.2, 0.25) is 0 Å². The van der Waals surface area contributed by atoms with E-state index in [-0.39, 0.29) is 5.91 Å². The largest absolute Gasteiger partial charge is 0.494 e. The van der Waals surface area contributed by atoms with Crippen LogP contribution in [0.15, 0.2) is 18.2 Å². The molecule has 0 bridgehead atoms. The van der Waals surface area contributed by atoms with Gasteiger partial charge in [-0.1, -0.05) is 26.7 Å². The predicted octanol–water partition coefficient (Wildman–Crippen LogP) is 3.88. The molecule has 0 aromatic heterocycles. The van der Waals surface area contributed by atoms with Crippen molar-refractivity contribution in [2.75, 3.05) is 19.0 Å². The van der Waals surface area contributed by atoms with Crippen LogP contribution in [0.1, 0.15) is 52.0 Å². The van der Waals surface area contributed by atoms with Crippen LogP contribution in [-0.4, -0.2) is 25.2 Å². The van der Waals surface area contributed by atoms with E-state index in [0.717, 1.165) is 19.3 Å². The first-order valence-corrected chi connectivity index (χ1v) is 8.04. The standard InChI is InChI=1S/C18H26N2O3/c1-5-7-11-23-15-8-9-16(14(12-15)13-19)20-17(21)18(3,22-4)10-6-2/h8-9,12H,5-7,10-11H2,1-4H3,(H,20,21)/t18-/m1/s1. The Bertz CT molecular complexity index is 566. The van der Waals surface area contributed by atoms with Crippen molar-refractivity contribution in [1.29, 1.82) is 5.26 Å². The molecule has 0 heterocycles. The summed E-state index contributed by atoms with van der Waals surface area (Å²) in [5.74, 6) is 0.383. The number of ether oxygens (including phenoxy) is 2. The summed E-state index contributed by atoms with van der Waals surface area (Å²) in [5.41, 5.74) is -0.0559. The van der Waals surface area contributed by atoms with E-state index in [0.29, 0.717) is 30.0 Å². The second-order valence-electron chi connectivity index (χ2n) is 5.66. The molecule has 0 saturated heterocycles. The van der Waals surface area contributed by atoms with Crippen LogP contribution in [0, 0.1) is 11.3 Å². The minimum Gasteiger partial charge on any atom is -0.494 e. The lowest BCUT2D eigenvalue weighted by Crippen LogP contribution is -2.41. The zero-order valence-corrected chi connectivity index (χ0v) is 14.4. The van der Waals surface area contributed by atoms with Gasteiger partial charge in [0.05, 0.1) is 17.9 Å². The Hall–Kier alpha value is -2.06. The first-order valence-electron chi connectivity index (χ1n) is 8.04. The second kappa shape index (κ2) is 9.16. The summed E-state index contributed by atoms with van der Waals surface area (Å²) in [6.07, 6.45) is 3.44. The number of nitriles is 1. The molecule has 1 N–H and O–H groups in total. The Labute approximate surface area is 138 Å². The molecule has 0 aliphatic heterocycles. The van der Waals surface area contributed by atoms with E-state index >= 15 is 0 Å². The fourth-order valence-electron chi connectivity index (χ4n) is 2.19. The zero-order valence-electron chi connectivity index (χ0n) is 14.4. The lowest BCUT2D eigenvalue weighted by Gasteiger charge is -2.26. The number of carbonyl (C=O) groups excluding carboxylic acids is 1. The third-order valence-electron chi connectivity index (χ3n) is 3.78. The van der Waals surface area contributed by atoms with Crippen molar-refractivity contribution in [3.8, 4) is 11.8 Å². The Morgan fingerprint density at radius 2 is 2.09 bits per heavy atom. The van der Waals surface area contributed by atoms with Gasteiger partial charge in [-0.2, -0.15) is 5.26 Å². The topological polar surface area (TPSA) is 71.3 Å². The maximum atomic E-state index is 12.4. The van der Waals surface area contributed by atoms with Gasteiger partial charge in [0.2, 0.25) is 0 Å². The van der Waals surface area contributed by atoms with Gasteiger partial charge in [0.15, 0.2) is 0 Å². The number of amides is 1. The molecular weight excluding hydrogens is 292 g/mol. The molecule has 126 valence electrons. The molecule has 0 saturated carbocycles. The summed E-state index contributed by atoms with van der Waals surface area (Å²) in [4.78, 5) is 12.4. The minimum atomic E-state index is -0.905. The summed E-state index contributed by atoms with van der Waals surface area (Å²) < 4.78 is 10.9. The quantitative estimate of drug-likeness (QED) is 0.701. The van der Waals surface area contributed by atoms with Gasteiger partial charge < -0.3 is 14.8 Å². The monoisotopic (exact) mass is 318 g/mol. The van der Waals surface area contributed by atoms with Crippen LogP contribution in [0.25, 0.3) is 0 Å². The van der Waals surface area contributed by atoms with E-state index < -0.39 is 5.60 Å². The number of methoxy groups -OCH3 is 1. The third-order valence-corrected chi connectivity index (χ3v) is 3.78. The van der Waals surface area contributed by atoms with Crippen molar-refractivity contribution in [2.24, 2.45) is 0 Å². The summed E-state index contributed by atoms with van der Waals surface area (Å²) in [7, 11) is 1.52. The summed E-state index contributed by atoms with van der Waals surface area (Å²) >= 11 is 0. The van der Waals surface area contributed by atoms with Crippen LogP contribution >= 0.6 is 0 Å². The highest BCUT2D eigenvalue weighted by Gasteiger charge is 2.32. The van der Waals surface area contributed by atoms with Crippen molar-refractivity contribution in [2.45, 2.75) is 52.1 Å². The van der Waals surface area contributed by atoms with E-state index in [9.17, 15) is 10.1 Å². The summed E-state index contributed by atoms with van der Waals surface area (Å²) in [5, 5.41) is 12.1. The molecule has 1 amide bonds. The molecule has 5 heteroatoms. The van der Waals surface area contributed by atoms with Crippen LogP contribution in [0.3, 0.4) is 0 Å². The van der Waals surface area contributed by atoms with E-state index in [4.69, 9.17) is 9.47 Å². The normalized spacial score (nSPS) is 13.0. The smallest absolute Gasteiger partial charge is 0.256 e. The molecule has 0 spiro atoms. The molecule has 0 unspecified atom stereocenters. The number of nitrogens with one attached hydrogen (secondary N) is 1. The van der Waals surface area contributed by atoms with Crippen molar-refractivity contribution in [3.05, 3.63) is 23.8 Å². The maximum absolute atomic E-state index is 12.4. The molecular formula is C18H26N2O3. The average Bonchev–Trinajstić information content (AvgIpc) is 2.56. The van der Waals surface area contributed by atoms with Crippen LogP contribution in [-0.2, 0) is 9.53 Å². The van der Waals surface area contributed by atoms with Gasteiger partial charge in [-0.15, -0.1) is 0 Å². The number of carbonyl (C=O) groups is 1. The molecule has 1 aromatic carbocycles. The van der Waals surface area contributed by atoms with Crippen LogP contribution in [0.5, 0.6) is 5.75 Å². The van der Waals surface area contributed by atoms with Crippen molar-refractivity contribution < 1.29 is 14.3 Å². The Balaban J connectivity index is 2.88. The summed E-state index contributed by atoms with van der Waals surface area (Å²) in [6, 6.07) is 7.20. The Kier molecular flexibility index (Phi) is 7.56. The highest BCUT2D eigenvalue weighted by Crippen LogP contribution is 2.25. The predicted molar refractivity (Wildman–Crippen MR) is 90.5 cm³/mol. The van der Waals surface area contributed by atoms with Gasteiger partial charge in [-0.3, -0.25) is 4.79 Å². The minimum absolute atomic E-state index is 0.252. The number of benzene rings is 1. The number of unbranched alkanes of at least 4 members (excludes halogenated alkanes) is 1. The fraction of sp³-hybridized carbons (Fsp3) is 0.556. The lowest BCUT2D eigenvalue weighted by atomic mass is 9.99. The Morgan fingerprint density at radius 3 is 2.65 bits per heavy atom. The highest BCUT2D eigenvalue weighted by atomic mass is 16.5. The molecule has 5 nitrogen and oxygen atoms in total.